The molecule has 0 amide bonds. The maximum absolute atomic E-state index is 12.0. The lowest BCUT2D eigenvalue weighted by molar-refractivity contribution is -0.122. The Kier molecular flexibility index (Phi) is 2.10. The first-order valence-electron chi connectivity index (χ1n) is 5.62. The molecule has 1 atom stereocenters. The number of carbonyl (C=O) groups is 1. The maximum atomic E-state index is 12.0. The fraction of sp³-hybridized carbons (Fsp3) is 0.462. The van der Waals surface area contributed by atoms with Crippen LogP contribution in [0.25, 0.3) is 0 Å². The Hall–Kier alpha value is -1.15. The number of Topliss-reactive ketones (excluding diaryl/α,β-unsaturated/α-hetero) is 1. The topological polar surface area (TPSA) is 29.1 Å². The van der Waals surface area contributed by atoms with Crippen LogP contribution in [0, 0.1) is 12.0 Å². The van der Waals surface area contributed by atoms with Gasteiger partial charge in [0.2, 0.25) is 0 Å². The predicted molar refractivity (Wildman–Crippen MR) is 57.5 cm³/mol. The Morgan fingerprint density at radius 1 is 1.47 bits per heavy atom. The standard InChI is InChI=1S/C13H14NO/c15-13(10-5-6-10)12-11-4-2-1-3-9(11)7-8-14-12/h1,3-4,10,12,14H,5-8H2. The van der Waals surface area contributed by atoms with Crippen LogP contribution in [0.15, 0.2) is 18.2 Å². The molecule has 15 heavy (non-hydrogen) atoms. The van der Waals surface area contributed by atoms with Crippen LogP contribution in [0.2, 0.25) is 0 Å². The van der Waals surface area contributed by atoms with Crippen molar-refractivity contribution in [1.82, 2.24) is 5.32 Å². The summed E-state index contributed by atoms with van der Waals surface area (Å²) in [6, 6.07) is 9.00. The average molecular weight is 200 g/mol. The third kappa shape index (κ3) is 1.59. The van der Waals surface area contributed by atoms with Gasteiger partial charge in [-0.2, -0.15) is 0 Å². The number of benzene rings is 1. The summed E-state index contributed by atoms with van der Waals surface area (Å²) in [4.78, 5) is 12.0. The molecule has 2 aliphatic rings. The van der Waals surface area contributed by atoms with Crippen LogP contribution in [0.1, 0.15) is 30.0 Å². The van der Waals surface area contributed by atoms with Gasteiger partial charge in [0.15, 0.2) is 5.78 Å². The van der Waals surface area contributed by atoms with Crippen molar-refractivity contribution in [3.05, 3.63) is 35.4 Å². The van der Waals surface area contributed by atoms with Crippen molar-refractivity contribution >= 4 is 5.78 Å². The number of rotatable bonds is 2. The molecule has 2 nitrogen and oxygen atoms in total. The summed E-state index contributed by atoms with van der Waals surface area (Å²) in [6.45, 7) is 0.917. The number of nitrogens with one attached hydrogen (secondary N) is 1. The van der Waals surface area contributed by atoms with E-state index in [-0.39, 0.29) is 6.04 Å². The molecule has 1 aliphatic heterocycles. The first kappa shape index (κ1) is 9.10. The van der Waals surface area contributed by atoms with Gasteiger partial charge in [-0.1, -0.05) is 12.1 Å². The maximum Gasteiger partial charge on any atom is 0.157 e. The molecule has 1 unspecified atom stereocenters. The number of ketones is 1. The van der Waals surface area contributed by atoms with Crippen LogP contribution in [-0.4, -0.2) is 12.3 Å². The SMILES string of the molecule is O=C(C1CC1)C1NCCc2cc[c]cc21. The van der Waals surface area contributed by atoms with E-state index in [0.29, 0.717) is 11.7 Å². The molecule has 2 heteroatoms. The van der Waals surface area contributed by atoms with E-state index in [2.05, 4.69) is 17.4 Å². The molecule has 1 aliphatic carbocycles. The third-order valence-corrected chi connectivity index (χ3v) is 3.31. The van der Waals surface area contributed by atoms with Gasteiger partial charge in [0.1, 0.15) is 0 Å². The van der Waals surface area contributed by atoms with Crippen LogP contribution in [0.4, 0.5) is 0 Å². The second-order valence-electron chi connectivity index (χ2n) is 4.44. The lowest BCUT2D eigenvalue weighted by Crippen LogP contribution is -2.35. The van der Waals surface area contributed by atoms with Crippen LogP contribution >= 0.6 is 0 Å². The van der Waals surface area contributed by atoms with Gasteiger partial charge in [-0.15, -0.1) is 0 Å². The molecule has 1 radical (unpaired) electrons. The summed E-state index contributed by atoms with van der Waals surface area (Å²) < 4.78 is 0. The van der Waals surface area contributed by atoms with Crippen molar-refractivity contribution in [1.29, 1.82) is 0 Å². The summed E-state index contributed by atoms with van der Waals surface area (Å²) in [5.74, 6) is 0.712. The van der Waals surface area contributed by atoms with E-state index in [4.69, 9.17) is 0 Å². The van der Waals surface area contributed by atoms with E-state index >= 15 is 0 Å². The van der Waals surface area contributed by atoms with Crippen LogP contribution in [0.5, 0.6) is 0 Å². The third-order valence-electron chi connectivity index (χ3n) is 3.31. The average Bonchev–Trinajstić information content (AvgIpc) is 3.11. The van der Waals surface area contributed by atoms with Crippen LogP contribution in [-0.2, 0) is 11.2 Å². The fourth-order valence-corrected chi connectivity index (χ4v) is 2.29. The minimum absolute atomic E-state index is 0.0568. The van der Waals surface area contributed by atoms with Gasteiger partial charge < -0.3 is 5.32 Å². The number of hydrogen-bond donors (Lipinski definition) is 1. The highest BCUT2D eigenvalue weighted by Crippen LogP contribution is 2.36. The molecule has 0 bridgehead atoms. The predicted octanol–water partition coefficient (Wildman–Crippen LogP) is 1.65. The van der Waals surface area contributed by atoms with Crippen molar-refractivity contribution in [2.45, 2.75) is 25.3 Å². The normalized spacial score (nSPS) is 24.7. The van der Waals surface area contributed by atoms with Gasteiger partial charge in [0, 0.05) is 12.5 Å². The summed E-state index contributed by atoms with van der Waals surface area (Å²) in [7, 11) is 0. The van der Waals surface area contributed by atoms with Gasteiger partial charge in [-0.05, 0) is 42.5 Å². The van der Waals surface area contributed by atoms with Crippen LogP contribution in [0.3, 0.4) is 0 Å². The Morgan fingerprint density at radius 2 is 2.33 bits per heavy atom. The minimum atomic E-state index is -0.0568. The molecule has 0 aromatic heterocycles. The van der Waals surface area contributed by atoms with E-state index in [1.807, 2.05) is 12.1 Å². The summed E-state index contributed by atoms with van der Waals surface area (Å²) in [6.07, 6.45) is 3.20. The molecule has 77 valence electrons. The summed E-state index contributed by atoms with van der Waals surface area (Å²) in [5.41, 5.74) is 2.46. The molecule has 0 saturated heterocycles. The molecule has 1 saturated carbocycles. The van der Waals surface area contributed by atoms with E-state index < -0.39 is 0 Å². The monoisotopic (exact) mass is 200 g/mol. The Bertz CT molecular complexity index is 395. The van der Waals surface area contributed by atoms with Crippen molar-refractivity contribution in [3.63, 3.8) is 0 Å². The van der Waals surface area contributed by atoms with E-state index in [0.717, 1.165) is 31.4 Å². The molecule has 1 heterocycles. The Morgan fingerprint density at radius 3 is 3.13 bits per heavy atom. The Labute approximate surface area is 89.7 Å². The van der Waals surface area contributed by atoms with Crippen molar-refractivity contribution in [2.75, 3.05) is 6.54 Å². The molecule has 1 fully saturated rings. The molecular formula is C13H14NO. The van der Waals surface area contributed by atoms with Crippen molar-refractivity contribution in [2.24, 2.45) is 5.92 Å². The fourth-order valence-electron chi connectivity index (χ4n) is 2.29. The lowest BCUT2D eigenvalue weighted by Gasteiger charge is -2.25. The van der Waals surface area contributed by atoms with Gasteiger partial charge in [-0.25, -0.2) is 0 Å². The molecule has 3 rings (SSSR count). The first-order valence-corrected chi connectivity index (χ1v) is 5.62. The van der Waals surface area contributed by atoms with Crippen LogP contribution < -0.4 is 5.32 Å². The summed E-state index contributed by atoms with van der Waals surface area (Å²) in [5, 5.41) is 3.33. The van der Waals surface area contributed by atoms with Gasteiger partial charge in [0.05, 0.1) is 6.04 Å². The lowest BCUT2D eigenvalue weighted by atomic mass is 9.90. The van der Waals surface area contributed by atoms with Crippen molar-refractivity contribution in [3.8, 4) is 0 Å². The molecule has 1 aromatic rings. The number of hydrogen-bond acceptors (Lipinski definition) is 2. The highest BCUT2D eigenvalue weighted by Gasteiger charge is 2.36. The minimum Gasteiger partial charge on any atom is -0.303 e. The number of fused-ring (bicyclic) bond motifs is 1. The zero-order valence-corrected chi connectivity index (χ0v) is 8.62. The smallest absolute Gasteiger partial charge is 0.157 e. The van der Waals surface area contributed by atoms with Gasteiger partial charge in [-0.3, -0.25) is 4.79 Å². The zero-order chi connectivity index (χ0) is 10.3. The van der Waals surface area contributed by atoms with Gasteiger partial charge in [0.25, 0.3) is 0 Å². The Balaban J connectivity index is 1.94. The highest BCUT2D eigenvalue weighted by molar-refractivity contribution is 5.89. The largest absolute Gasteiger partial charge is 0.303 e. The first-order chi connectivity index (χ1) is 7.36. The second kappa shape index (κ2) is 3.46. The molecule has 0 spiro atoms. The van der Waals surface area contributed by atoms with E-state index in [1.165, 1.54) is 5.56 Å². The summed E-state index contributed by atoms with van der Waals surface area (Å²) >= 11 is 0. The van der Waals surface area contributed by atoms with E-state index in [1.54, 1.807) is 0 Å². The second-order valence-corrected chi connectivity index (χ2v) is 4.44. The molecular weight excluding hydrogens is 186 g/mol. The molecule has 1 aromatic carbocycles. The molecule has 1 N–H and O–H groups in total. The van der Waals surface area contributed by atoms with Crippen molar-refractivity contribution < 1.29 is 4.79 Å². The zero-order valence-electron chi connectivity index (χ0n) is 8.62. The van der Waals surface area contributed by atoms with Gasteiger partial charge >= 0.3 is 0 Å². The van der Waals surface area contributed by atoms with E-state index in [9.17, 15) is 4.79 Å². The number of carbonyl (C=O) groups excluding carboxylic acids is 1. The highest BCUT2D eigenvalue weighted by atomic mass is 16.1. The quantitative estimate of drug-likeness (QED) is 0.786.